The minimum absolute atomic E-state index is 0.0236. The van der Waals surface area contributed by atoms with Crippen molar-refractivity contribution >= 4 is 19.8 Å². The van der Waals surface area contributed by atoms with Crippen LogP contribution in [0.25, 0.3) is 0 Å². The summed E-state index contributed by atoms with van der Waals surface area (Å²) in [7, 11) is -4.42. The van der Waals surface area contributed by atoms with Gasteiger partial charge in [-0.3, -0.25) is 18.6 Å². The second-order valence-corrected chi connectivity index (χ2v) is 14.9. The zero-order chi connectivity index (χ0) is 39.3. The summed E-state index contributed by atoms with van der Waals surface area (Å²) < 4.78 is 32.6. The molecule has 0 fully saturated rings. The molecular formula is C41H74NO10P. The molecule has 308 valence electrons. The summed E-state index contributed by atoms with van der Waals surface area (Å²) in [6, 6.07) is 0. The van der Waals surface area contributed by atoms with Crippen LogP contribution in [0.2, 0.25) is 0 Å². The van der Waals surface area contributed by atoms with Crippen molar-refractivity contribution in [3.8, 4) is 0 Å². The monoisotopic (exact) mass is 772 g/mol. The van der Waals surface area contributed by atoms with Crippen LogP contribution in [-0.2, 0) is 32.7 Å². The average molecular weight is 772 g/mol. The maximum absolute atomic E-state index is 12.6. The lowest BCUT2D eigenvalue weighted by Gasteiger charge is -2.20. The van der Waals surface area contributed by atoms with Crippen LogP contribution in [0.3, 0.4) is 0 Å². The third kappa shape index (κ3) is 35.4. The molecule has 4 atom stereocenters. The highest BCUT2D eigenvalue weighted by atomic mass is 31.2. The Morgan fingerprint density at radius 2 is 1.23 bits per heavy atom. The quantitative estimate of drug-likeness (QED) is 0.0205. The molecular weight excluding hydrogens is 697 g/mol. The molecule has 12 heteroatoms. The normalized spacial score (nSPS) is 15.1. The molecule has 1 unspecified atom stereocenters. The van der Waals surface area contributed by atoms with Crippen molar-refractivity contribution in [1.29, 1.82) is 0 Å². The number of carbonyl (C=O) groups excluding carboxylic acids is 2. The number of ether oxygens (including phenoxy) is 2. The fraction of sp³-hybridized carbons (Fsp3) is 0.756. The minimum atomic E-state index is -4.42. The third-order valence-corrected chi connectivity index (χ3v) is 9.38. The van der Waals surface area contributed by atoms with Crippen LogP contribution in [0.1, 0.15) is 155 Å². The van der Waals surface area contributed by atoms with Crippen molar-refractivity contribution in [3.63, 3.8) is 0 Å². The van der Waals surface area contributed by atoms with Gasteiger partial charge in [-0.15, -0.1) is 0 Å². The summed E-state index contributed by atoms with van der Waals surface area (Å²) in [5.41, 5.74) is 5.33. The van der Waals surface area contributed by atoms with Crippen LogP contribution in [0.4, 0.5) is 0 Å². The van der Waals surface area contributed by atoms with Crippen molar-refractivity contribution in [2.75, 3.05) is 26.4 Å². The summed E-state index contributed by atoms with van der Waals surface area (Å²) in [5.74, 6) is -0.965. The molecule has 0 aliphatic rings. The predicted molar refractivity (Wildman–Crippen MR) is 213 cm³/mol. The van der Waals surface area contributed by atoms with E-state index >= 15 is 0 Å². The fourth-order valence-corrected chi connectivity index (χ4v) is 6.02. The molecule has 0 aliphatic carbocycles. The molecule has 0 amide bonds. The van der Waals surface area contributed by atoms with Gasteiger partial charge in [0.2, 0.25) is 0 Å². The van der Waals surface area contributed by atoms with Gasteiger partial charge < -0.3 is 30.3 Å². The number of hydrogen-bond donors (Lipinski definition) is 4. The number of carbonyl (C=O) groups is 2. The van der Waals surface area contributed by atoms with Crippen molar-refractivity contribution in [2.24, 2.45) is 5.73 Å². The fourth-order valence-electron chi connectivity index (χ4n) is 5.26. The molecule has 0 rings (SSSR count). The Kier molecular flexibility index (Phi) is 35.4. The van der Waals surface area contributed by atoms with E-state index in [1.165, 1.54) is 12.8 Å². The second kappa shape index (κ2) is 36.8. The molecule has 11 nitrogen and oxygen atoms in total. The molecule has 0 saturated carbocycles. The largest absolute Gasteiger partial charge is 0.472 e. The van der Waals surface area contributed by atoms with E-state index in [4.69, 9.17) is 24.3 Å². The third-order valence-electron chi connectivity index (χ3n) is 8.40. The van der Waals surface area contributed by atoms with Crippen LogP contribution < -0.4 is 5.73 Å². The van der Waals surface area contributed by atoms with Gasteiger partial charge in [-0.2, -0.15) is 0 Å². The number of phosphoric ester groups is 1. The molecule has 0 aliphatic heterocycles. The maximum Gasteiger partial charge on any atom is 0.472 e. The first-order valence-corrected chi connectivity index (χ1v) is 21.8. The Morgan fingerprint density at radius 3 is 1.89 bits per heavy atom. The maximum atomic E-state index is 12.6. The van der Waals surface area contributed by atoms with Crippen LogP contribution >= 0.6 is 7.82 Å². The van der Waals surface area contributed by atoms with Crippen LogP contribution in [0.5, 0.6) is 0 Å². The van der Waals surface area contributed by atoms with Gasteiger partial charge in [-0.25, -0.2) is 4.57 Å². The summed E-state index contributed by atoms with van der Waals surface area (Å²) in [6.07, 6.45) is 33.1. The van der Waals surface area contributed by atoms with Crippen LogP contribution in [0.15, 0.2) is 48.6 Å². The Hall–Kier alpha value is -2.11. The summed E-state index contributed by atoms with van der Waals surface area (Å²) in [4.78, 5) is 34.8. The number of phosphoric acid groups is 1. The first-order valence-electron chi connectivity index (χ1n) is 20.3. The molecule has 0 aromatic rings. The Bertz CT molecular complexity index is 1050. The van der Waals surface area contributed by atoms with Crippen molar-refractivity contribution in [2.45, 2.75) is 173 Å². The van der Waals surface area contributed by atoms with E-state index in [1.807, 2.05) is 6.08 Å². The van der Waals surface area contributed by atoms with Crippen molar-refractivity contribution in [3.05, 3.63) is 48.6 Å². The molecule has 0 aromatic heterocycles. The number of hydrogen-bond acceptors (Lipinski definition) is 10. The topological polar surface area (TPSA) is 175 Å². The highest BCUT2D eigenvalue weighted by Gasteiger charge is 2.26. The number of allylic oxidation sites excluding steroid dienone is 7. The molecule has 5 N–H and O–H groups in total. The average Bonchev–Trinajstić information content (AvgIpc) is 3.14. The van der Waals surface area contributed by atoms with E-state index in [0.717, 1.165) is 89.9 Å². The first kappa shape index (κ1) is 50.9. The lowest BCUT2D eigenvalue weighted by Crippen LogP contribution is -2.29. The number of aliphatic hydroxyl groups is 2. The molecule has 0 saturated heterocycles. The number of aliphatic hydroxyl groups excluding tert-OH is 2. The number of rotatable bonds is 37. The molecule has 0 aromatic carbocycles. The predicted octanol–water partition coefficient (Wildman–Crippen LogP) is 9.10. The second-order valence-electron chi connectivity index (χ2n) is 13.4. The molecule has 0 spiro atoms. The summed E-state index contributed by atoms with van der Waals surface area (Å²) >= 11 is 0. The van der Waals surface area contributed by atoms with E-state index in [2.05, 4.69) is 56.4 Å². The Balaban J connectivity index is 4.35. The SMILES string of the molecule is CC/C=C\C/C=C\C/C=C\CCCCCCCC(=O)OC[C@H](COP(=O)(O)OCCN)OC(=O)CCCCCCC[C@H](O)[C@@H](O)C/C=C\CCCCC. The number of esters is 2. The van der Waals surface area contributed by atoms with Gasteiger partial charge in [-0.1, -0.05) is 120 Å². The first-order chi connectivity index (χ1) is 25.6. The lowest BCUT2D eigenvalue weighted by molar-refractivity contribution is -0.161. The van der Waals surface area contributed by atoms with Gasteiger partial charge in [0.05, 0.1) is 25.4 Å². The standard InChI is InChI=1S/C41H74NO10P/c1-3-5-7-9-11-12-13-14-15-16-17-18-19-23-27-31-40(45)49-35-37(36-51-53(47,48)50-34-33-42)52-41(46)32-28-24-20-22-26-30-39(44)38(43)29-25-21-10-8-6-4-2/h5,7,11-12,14-15,21,25,37-39,43-44H,3-4,6,8-10,13,16-20,22-24,26-36,42H2,1-2H3,(H,47,48)/b7-5-,12-11-,15-14-,25-21-/t37-,38+,39+/m1/s1. The van der Waals surface area contributed by atoms with E-state index in [9.17, 15) is 29.3 Å². The van der Waals surface area contributed by atoms with Gasteiger partial charge in [0.25, 0.3) is 0 Å². The zero-order valence-corrected chi connectivity index (χ0v) is 33.9. The van der Waals surface area contributed by atoms with E-state index in [0.29, 0.717) is 25.7 Å². The van der Waals surface area contributed by atoms with Gasteiger partial charge in [0, 0.05) is 19.4 Å². The van der Waals surface area contributed by atoms with E-state index in [1.54, 1.807) is 0 Å². The molecule has 0 radical (unpaired) electrons. The van der Waals surface area contributed by atoms with Gasteiger partial charge in [0.1, 0.15) is 6.61 Å². The van der Waals surface area contributed by atoms with E-state index in [-0.39, 0.29) is 32.6 Å². The highest BCUT2D eigenvalue weighted by Crippen LogP contribution is 2.43. The summed E-state index contributed by atoms with van der Waals surface area (Å²) in [5, 5.41) is 20.4. The van der Waals surface area contributed by atoms with E-state index < -0.39 is 44.7 Å². The minimum Gasteiger partial charge on any atom is -0.462 e. The highest BCUT2D eigenvalue weighted by molar-refractivity contribution is 7.47. The molecule has 0 heterocycles. The van der Waals surface area contributed by atoms with Gasteiger partial charge in [0.15, 0.2) is 6.10 Å². The Morgan fingerprint density at radius 1 is 0.660 bits per heavy atom. The van der Waals surface area contributed by atoms with Crippen LogP contribution in [-0.4, -0.2) is 71.7 Å². The zero-order valence-electron chi connectivity index (χ0n) is 33.0. The smallest absolute Gasteiger partial charge is 0.462 e. The number of unbranched alkanes of at least 4 members (excludes halogenated alkanes) is 12. The van der Waals surface area contributed by atoms with Crippen LogP contribution in [0, 0.1) is 0 Å². The number of nitrogens with two attached hydrogens (primary N) is 1. The van der Waals surface area contributed by atoms with Crippen molar-refractivity contribution < 1.29 is 47.8 Å². The van der Waals surface area contributed by atoms with Crippen molar-refractivity contribution in [1.82, 2.24) is 0 Å². The molecule has 53 heavy (non-hydrogen) atoms. The Labute approximate surface area is 321 Å². The lowest BCUT2D eigenvalue weighted by atomic mass is 10.0. The molecule has 0 bridgehead atoms. The van der Waals surface area contributed by atoms with Gasteiger partial charge in [-0.05, 0) is 70.6 Å². The van der Waals surface area contributed by atoms with Gasteiger partial charge >= 0.3 is 19.8 Å². The summed E-state index contributed by atoms with van der Waals surface area (Å²) in [6.45, 7) is 3.34.